The number of esters is 1. The molecule has 4 rings (SSSR count). The summed E-state index contributed by atoms with van der Waals surface area (Å²) in [6.07, 6.45) is 1.89. The Labute approximate surface area is 225 Å². The lowest BCUT2D eigenvalue weighted by atomic mass is 9.94. The molecule has 0 N–H and O–H groups in total. The summed E-state index contributed by atoms with van der Waals surface area (Å²) in [5.41, 5.74) is 4.20. The number of hydrogen-bond acceptors (Lipinski definition) is 8. The second-order valence-corrected chi connectivity index (χ2v) is 9.87. The molecule has 3 heterocycles. The molecule has 0 unspecified atom stereocenters. The number of ether oxygens (including phenoxy) is 4. The third-order valence-electron chi connectivity index (χ3n) is 6.66. The average molecular weight is 540 g/mol. The molecule has 1 aromatic carbocycles. The van der Waals surface area contributed by atoms with Crippen LogP contribution in [-0.4, -0.2) is 49.6 Å². The van der Waals surface area contributed by atoms with Crippen molar-refractivity contribution in [2.24, 2.45) is 4.99 Å². The molecule has 1 aliphatic rings. The normalized spacial score (nSPS) is 15.3. The third-order valence-corrected chi connectivity index (χ3v) is 7.65. The van der Waals surface area contributed by atoms with Gasteiger partial charge in [0, 0.05) is 30.6 Å². The molecular weight excluding hydrogens is 506 g/mol. The van der Waals surface area contributed by atoms with E-state index < -0.39 is 12.0 Å². The minimum Gasteiger partial charge on any atom is -0.493 e. The van der Waals surface area contributed by atoms with E-state index in [1.807, 2.05) is 26.0 Å². The van der Waals surface area contributed by atoms with Crippen LogP contribution >= 0.6 is 11.3 Å². The molecule has 0 amide bonds. The van der Waals surface area contributed by atoms with Crippen molar-refractivity contribution in [1.82, 2.24) is 9.13 Å². The molecule has 2 aromatic heterocycles. The summed E-state index contributed by atoms with van der Waals surface area (Å²) in [6.45, 7) is 9.07. The SMILES string of the molecule is CCOC(=O)C1=C(C)N=c2s/c(=C\c3cc(C)n(CCOC)c3C)c(=O)n2[C@@H]1c1cccc(OC)c1OC. The van der Waals surface area contributed by atoms with Crippen LogP contribution in [0.3, 0.4) is 0 Å². The number of aromatic nitrogens is 2. The highest BCUT2D eigenvalue weighted by atomic mass is 32.1. The number of fused-ring (bicyclic) bond motifs is 1. The standard InChI is InChI=1S/C28H33N3O6S/c1-8-37-27(33)23-17(3)29-28-31(24(23)20-10-9-11-21(35-6)25(20)36-7)26(32)22(38-28)15-19-14-16(2)30(18(19)4)12-13-34-5/h9-11,14-15,24H,8,12-13H2,1-7H3/b22-15-/t24-/m1/s1. The van der Waals surface area contributed by atoms with Gasteiger partial charge in [0.05, 0.1) is 43.2 Å². The first-order valence-corrected chi connectivity index (χ1v) is 13.1. The van der Waals surface area contributed by atoms with Gasteiger partial charge in [-0.3, -0.25) is 9.36 Å². The van der Waals surface area contributed by atoms with Crippen molar-refractivity contribution in [3.8, 4) is 11.5 Å². The number of thiazole rings is 1. The fourth-order valence-electron chi connectivity index (χ4n) is 4.85. The van der Waals surface area contributed by atoms with Gasteiger partial charge in [-0.05, 0) is 51.5 Å². The van der Waals surface area contributed by atoms with Crippen molar-refractivity contribution < 1.29 is 23.7 Å². The van der Waals surface area contributed by atoms with Gasteiger partial charge in [0.1, 0.15) is 6.04 Å². The van der Waals surface area contributed by atoms with E-state index in [-0.39, 0.29) is 17.7 Å². The van der Waals surface area contributed by atoms with Crippen molar-refractivity contribution in [3.05, 3.63) is 77.7 Å². The van der Waals surface area contributed by atoms with E-state index in [0.717, 1.165) is 23.5 Å². The lowest BCUT2D eigenvalue weighted by molar-refractivity contribution is -0.139. The topological polar surface area (TPSA) is 93.3 Å². The number of carbonyl (C=O) groups excluding carboxylic acids is 1. The van der Waals surface area contributed by atoms with Crippen molar-refractivity contribution >= 4 is 23.4 Å². The highest BCUT2D eigenvalue weighted by molar-refractivity contribution is 7.07. The molecular formula is C28H33N3O6S. The van der Waals surface area contributed by atoms with Gasteiger partial charge in [-0.15, -0.1) is 0 Å². The molecule has 0 radical (unpaired) electrons. The smallest absolute Gasteiger partial charge is 0.338 e. The molecule has 3 aromatic rings. The van der Waals surface area contributed by atoms with Gasteiger partial charge in [-0.1, -0.05) is 23.5 Å². The molecule has 1 aliphatic heterocycles. The molecule has 0 saturated carbocycles. The van der Waals surface area contributed by atoms with Crippen molar-refractivity contribution in [2.75, 3.05) is 34.5 Å². The number of carbonyl (C=O) groups is 1. The number of rotatable bonds is 9. The van der Waals surface area contributed by atoms with Crippen molar-refractivity contribution in [3.63, 3.8) is 0 Å². The second kappa shape index (κ2) is 11.4. The molecule has 202 valence electrons. The zero-order valence-corrected chi connectivity index (χ0v) is 23.6. The summed E-state index contributed by atoms with van der Waals surface area (Å²) in [5, 5.41) is 0. The molecule has 10 heteroatoms. The number of benzene rings is 1. The van der Waals surface area contributed by atoms with Gasteiger partial charge in [0.25, 0.3) is 5.56 Å². The minimum absolute atomic E-state index is 0.195. The number of hydrogen-bond donors (Lipinski definition) is 0. The summed E-state index contributed by atoms with van der Waals surface area (Å²) in [5.74, 6) is 0.404. The van der Waals surface area contributed by atoms with Crippen LogP contribution in [0.5, 0.6) is 11.5 Å². The number of para-hydroxylation sites is 1. The predicted octanol–water partition coefficient (Wildman–Crippen LogP) is 2.88. The highest BCUT2D eigenvalue weighted by Crippen LogP contribution is 2.40. The molecule has 0 fully saturated rings. The van der Waals surface area contributed by atoms with Crippen LogP contribution in [0.4, 0.5) is 0 Å². The Morgan fingerprint density at radius 2 is 1.92 bits per heavy atom. The van der Waals surface area contributed by atoms with Crippen LogP contribution in [0.1, 0.15) is 42.4 Å². The van der Waals surface area contributed by atoms with Crippen LogP contribution in [0.25, 0.3) is 6.08 Å². The largest absolute Gasteiger partial charge is 0.493 e. The molecule has 1 atom stereocenters. The van der Waals surface area contributed by atoms with E-state index >= 15 is 0 Å². The van der Waals surface area contributed by atoms with E-state index in [1.54, 1.807) is 44.8 Å². The molecule has 0 saturated heterocycles. The van der Waals surface area contributed by atoms with Crippen LogP contribution in [-0.2, 0) is 20.8 Å². The zero-order chi connectivity index (χ0) is 27.6. The van der Waals surface area contributed by atoms with Gasteiger partial charge in [0.2, 0.25) is 0 Å². The number of nitrogens with zero attached hydrogens (tertiary/aromatic N) is 3. The Morgan fingerprint density at radius 3 is 2.58 bits per heavy atom. The maximum absolute atomic E-state index is 14.0. The monoisotopic (exact) mass is 539 g/mol. The molecule has 0 aliphatic carbocycles. The van der Waals surface area contributed by atoms with Crippen LogP contribution in [0, 0.1) is 13.8 Å². The maximum Gasteiger partial charge on any atom is 0.338 e. The first kappa shape index (κ1) is 27.4. The molecule has 0 bridgehead atoms. The summed E-state index contributed by atoms with van der Waals surface area (Å²) in [4.78, 5) is 32.3. The first-order valence-electron chi connectivity index (χ1n) is 12.3. The maximum atomic E-state index is 14.0. The lowest BCUT2D eigenvalue weighted by Crippen LogP contribution is -2.40. The van der Waals surface area contributed by atoms with Crippen LogP contribution in [0.15, 0.2) is 45.3 Å². The second-order valence-electron chi connectivity index (χ2n) is 8.86. The van der Waals surface area contributed by atoms with Crippen LogP contribution < -0.4 is 24.4 Å². The Hall–Kier alpha value is -3.63. The zero-order valence-electron chi connectivity index (χ0n) is 22.8. The Kier molecular flexibility index (Phi) is 8.23. The van der Waals surface area contributed by atoms with Crippen LogP contribution in [0.2, 0.25) is 0 Å². The summed E-state index contributed by atoms with van der Waals surface area (Å²) < 4.78 is 26.1. The Bertz CT molecular complexity index is 1580. The summed E-state index contributed by atoms with van der Waals surface area (Å²) in [7, 11) is 4.75. The van der Waals surface area contributed by atoms with Crippen molar-refractivity contribution in [2.45, 2.75) is 40.3 Å². The Morgan fingerprint density at radius 1 is 1.16 bits per heavy atom. The molecule has 9 nitrogen and oxygen atoms in total. The van der Waals surface area contributed by atoms with Gasteiger partial charge < -0.3 is 23.5 Å². The van der Waals surface area contributed by atoms with Gasteiger partial charge in [0.15, 0.2) is 16.3 Å². The number of aryl methyl sites for hydroxylation is 1. The average Bonchev–Trinajstić information content (AvgIpc) is 3.35. The Balaban J connectivity index is 1.97. The van der Waals surface area contributed by atoms with E-state index in [4.69, 9.17) is 18.9 Å². The summed E-state index contributed by atoms with van der Waals surface area (Å²) >= 11 is 1.29. The van der Waals surface area contributed by atoms with E-state index in [1.165, 1.54) is 18.4 Å². The number of methoxy groups -OCH3 is 3. The van der Waals surface area contributed by atoms with Gasteiger partial charge >= 0.3 is 5.97 Å². The van der Waals surface area contributed by atoms with E-state index in [0.29, 0.717) is 38.7 Å². The van der Waals surface area contributed by atoms with Gasteiger partial charge in [-0.2, -0.15) is 0 Å². The van der Waals surface area contributed by atoms with E-state index in [2.05, 4.69) is 15.6 Å². The highest BCUT2D eigenvalue weighted by Gasteiger charge is 2.35. The van der Waals surface area contributed by atoms with E-state index in [9.17, 15) is 9.59 Å². The number of allylic oxidation sites excluding steroid dienone is 1. The third kappa shape index (κ3) is 4.81. The molecule has 0 spiro atoms. The fourth-order valence-corrected chi connectivity index (χ4v) is 5.89. The predicted molar refractivity (Wildman–Crippen MR) is 146 cm³/mol. The van der Waals surface area contributed by atoms with Crippen molar-refractivity contribution in [1.29, 1.82) is 0 Å². The lowest BCUT2D eigenvalue weighted by Gasteiger charge is -2.26. The molecule has 38 heavy (non-hydrogen) atoms. The minimum atomic E-state index is -0.799. The van der Waals surface area contributed by atoms with Gasteiger partial charge in [-0.25, -0.2) is 9.79 Å². The summed E-state index contributed by atoms with van der Waals surface area (Å²) in [6, 6.07) is 6.66. The fraction of sp³-hybridized carbons (Fsp3) is 0.393. The quantitative estimate of drug-likeness (QED) is 0.388. The first-order chi connectivity index (χ1) is 18.3.